The van der Waals surface area contributed by atoms with Crippen molar-refractivity contribution in [1.82, 2.24) is 4.90 Å². The summed E-state index contributed by atoms with van der Waals surface area (Å²) >= 11 is 10.1. The Bertz CT molecular complexity index is 456. The van der Waals surface area contributed by atoms with Gasteiger partial charge in [-0.1, -0.05) is 6.07 Å². The van der Waals surface area contributed by atoms with Crippen LogP contribution in [0.3, 0.4) is 0 Å². The number of alkyl halides is 1. The van der Waals surface area contributed by atoms with Crippen LogP contribution in [0.15, 0.2) is 24.3 Å². The molecule has 2 N–H and O–H groups in total. The molecular weight excluding hydrogens is 288 g/mol. The van der Waals surface area contributed by atoms with Crippen LogP contribution in [-0.2, 0) is 0 Å². The number of hydrogen-bond acceptors (Lipinski definition) is 3. The normalized spacial score (nSPS) is 9.79. The number of nitrogens with zero attached hydrogens (tertiary/aromatic N) is 1. The largest absolute Gasteiger partial charge is 0.486 e. The standard InChI is InChI=1S/C12H15ClN2O3S/c1-2-15(7-6-13)12(17)18-10-5-3-4-9(8-10)14-11(16)19/h3-5,8H,2,6-7H2,1H3,(H2,14,16,19). The van der Waals surface area contributed by atoms with Crippen molar-refractivity contribution in [2.75, 3.05) is 24.3 Å². The van der Waals surface area contributed by atoms with E-state index in [1.807, 2.05) is 6.92 Å². The predicted octanol–water partition coefficient (Wildman–Crippen LogP) is 3.00. The summed E-state index contributed by atoms with van der Waals surface area (Å²) in [5.41, 5.74) is 0.540. The molecule has 0 atom stereocenters. The second kappa shape index (κ2) is 7.81. The number of aliphatic hydroxyl groups excluding tert-OH is 1. The molecular formula is C12H15ClN2O3S. The molecule has 0 bridgehead atoms. The summed E-state index contributed by atoms with van der Waals surface area (Å²) in [5, 5.41) is 11.2. The maximum atomic E-state index is 11.8. The third-order valence-corrected chi connectivity index (χ3v) is 2.56. The maximum absolute atomic E-state index is 11.8. The van der Waals surface area contributed by atoms with E-state index in [1.54, 1.807) is 24.3 Å². The van der Waals surface area contributed by atoms with Gasteiger partial charge in [-0.25, -0.2) is 4.79 Å². The number of thiocarbonyl (C=S) groups is 1. The fourth-order valence-electron chi connectivity index (χ4n) is 1.41. The van der Waals surface area contributed by atoms with Gasteiger partial charge in [0.1, 0.15) is 5.75 Å². The minimum absolute atomic E-state index is 0.346. The Morgan fingerprint density at radius 2 is 2.32 bits per heavy atom. The number of ether oxygens (including phenoxy) is 1. The van der Waals surface area contributed by atoms with Crippen LogP contribution in [0.2, 0.25) is 0 Å². The van der Waals surface area contributed by atoms with E-state index in [9.17, 15) is 4.79 Å². The molecule has 0 aliphatic rings. The molecule has 0 spiro atoms. The van der Waals surface area contributed by atoms with E-state index in [4.69, 9.17) is 21.4 Å². The Hall–Kier alpha value is -1.53. The first-order valence-electron chi connectivity index (χ1n) is 5.69. The Morgan fingerprint density at radius 1 is 1.58 bits per heavy atom. The summed E-state index contributed by atoms with van der Waals surface area (Å²) in [6, 6.07) is 6.57. The Kier molecular flexibility index (Phi) is 6.38. The highest BCUT2D eigenvalue weighted by atomic mass is 35.5. The maximum Gasteiger partial charge on any atom is 0.415 e. The molecule has 19 heavy (non-hydrogen) atoms. The highest BCUT2D eigenvalue weighted by molar-refractivity contribution is 7.80. The molecule has 104 valence electrons. The lowest BCUT2D eigenvalue weighted by molar-refractivity contribution is 0.157. The molecule has 0 radical (unpaired) electrons. The molecule has 1 aromatic carbocycles. The number of carbonyl (C=O) groups excluding carboxylic acids is 1. The number of nitrogens with one attached hydrogen (secondary N) is 1. The molecule has 0 aromatic heterocycles. The van der Waals surface area contributed by atoms with Gasteiger partial charge >= 0.3 is 6.09 Å². The number of rotatable bonds is 5. The van der Waals surface area contributed by atoms with E-state index in [0.29, 0.717) is 30.4 Å². The zero-order chi connectivity index (χ0) is 14.3. The van der Waals surface area contributed by atoms with Crippen LogP contribution in [0.4, 0.5) is 10.5 Å². The van der Waals surface area contributed by atoms with Crippen LogP contribution in [0.25, 0.3) is 0 Å². The number of anilines is 1. The summed E-state index contributed by atoms with van der Waals surface area (Å²) < 4.78 is 5.21. The second-order valence-electron chi connectivity index (χ2n) is 3.59. The molecule has 0 saturated carbocycles. The van der Waals surface area contributed by atoms with Gasteiger partial charge in [-0.15, -0.1) is 11.6 Å². The molecule has 0 fully saturated rings. The van der Waals surface area contributed by atoms with E-state index in [1.165, 1.54) is 4.90 Å². The summed E-state index contributed by atoms with van der Waals surface area (Å²) in [4.78, 5) is 13.3. The summed E-state index contributed by atoms with van der Waals surface area (Å²) in [7, 11) is 0. The number of aliphatic hydroxyl groups is 1. The lowest BCUT2D eigenvalue weighted by Crippen LogP contribution is -2.34. The van der Waals surface area contributed by atoms with Gasteiger partial charge < -0.3 is 20.1 Å². The van der Waals surface area contributed by atoms with Gasteiger partial charge in [-0.05, 0) is 31.3 Å². The molecule has 0 aliphatic heterocycles. The first kappa shape index (κ1) is 15.5. The zero-order valence-electron chi connectivity index (χ0n) is 10.4. The number of halogens is 1. The van der Waals surface area contributed by atoms with Crippen molar-refractivity contribution in [3.05, 3.63) is 24.3 Å². The van der Waals surface area contributed by atoms with E-state index in [-0.39, 0.29) is 5.17 Å². The Labute approximate surface area is 122 Å². The predicted molar refractivity (Wildman–Crippen MR) is 79.3 cm³/mol. The number of benzene rings is 1. The van der Waals surface area contributed by atoms with E-state index in [2.05, 4.69) is 17.5 Å². The molecule has 5 nitrogen and oxygen atoms in total. The fraction of sp³-hybridized carbons (Fsp3) is 0.333. The SMILES string of the molecule is CCN(CCCl)C(=O)Oc1cccc(NC(O)=S)c1. The van der Waals surface area contributed by atoms with Gasteiger partial charge in [0.05, 0.1) is 0 Å². The smallest absolute Gasteiger partial charge is 0.415 e. The topological polar surface area (TPSA) is 61.8 Å². The van der Waals surface area contributed by atoms with Crippen LogP contribution in [-0.4, -0.2) is 40.2 Å². The lowest BCUT2D eigenvalue weighted by Gasteiger charge is -2.18. The molecule has 0 saturated heterocycles. The minimum atomic E-state index is -0.466. The van der Waals surface area contributed by atoms with Gasteiger partial charge in [0.2, 0.25) is 0 Å². The highest BCUT2D eigenvalue weighted by Gasteiger charge is 2.13. The Balaban J connectivity index is 2.70. The van der Waals surface area contributed by atoms with Gasteiger partial charge in [0, 0.05) is 30.7 Å². The van der Waals surface area contributed by atoms with Crippen molar-refractivity contribution in [3.8, 4) is 5.75 Å². The third-order valence-electron chi connectivity index (χ3n) is 2.28. The average molecular weight is 303 g/mol. The van der Waals surface area contributed by atoms with Crippen molar-refractivity contribution in [2.45, 2.75) is 6.92 Å². The van der Waals surface area contributed by atoms with Gasteiger partial charge in [0.15, 0.2) is 0 Å². The van der Waals surface area contributed by atoms with Crippen molar-refractivity contribution in [2.24, 2.45) is 0 Å². The zero-order valence-corrected chi connectivity index (χ0v) is 12.0. The summed E-state index contributed by atoms with van der Waals surface area (Å²) in [6.45, 7) is 2.79. The molecule has 1 rings (SSSR count). The molecule has 7 heteroatoms. The lowest BCUT2D eigenvalue weighted by atomic mass is 10.3. The minimum Gasteiger partial charge on any atom is -0.486 e. The van der Waals surface area contributed by atoms with E-state index >= 15 is 0 Å². The molecule has 1 aromatic rings. The van der Waals surface area contributed by atoms with Crippen molar-refractivity contribution in [3.63, 3.8) is 0 Å². The number of hydrogen-bond donors (Lipinski definition) is 2. The van der Waals surface area contributed by atoms with Crippen LogP contribution in [0.5, 0.6) is 5.75 Å². The van der Waals surface area contributed by atoms with Crippen LogP contribution in [0, 0.1) is 0 Å². The van der Waals surface area contributed by atoms with E-state index < -0.39 is 6.09 Å². The van der Waals surface area contributed by atoms with Crippen LogP contribution < -0.4 is 10.1 Å². The fourth-order valence-corrected chi connectivity index (χ4v) is 1.73. The van der Waals surface area contributed by atoms with Crippen molar-refractivity contribution < 1.29 is 14.6 Å². The van der Waals surface area contributed by atoms with Crippen molar-refractivity contribution in [1.29, 1.82) is 0 Å². The molecule has 0 heterocycles. The highest BCUT2D eigenvalue weighted by Crippen LogP contribution is 2.18. The number of amides is 1. The first-order valence-corrected chi connectivity index (χ1v) is 6.63. The third kappa shape index (κ3) is 5.32. The molecule has 0 unspecified atom stereocenters. The monoisotopic (exact) mass is 302 g/mol. The number of carbonyl (C=O) groups is 1. The summed E-state index contributed by atoms with van der Waals surface area (Å²) in [5.74, 6) is 0.711. The average Bonchev–Trinajstić information content (AvgIpc) is 2.35. The van der Waals surface area contributed by atoms with Crippen LogP contribution in [0.1, 0.15) is 6.92 Å². The Morgan fingerprint density at radius 3 is 2.89 bits per heavy atom. The first-order chi connectivity index (χ1) is 9.06. The molecule has 0 aliphatic carbocycles. The van der Waals surface area contributed by atoms with Gasteiger partial charge in [0.25, 0.3) is 5.17 Å². The van der Waals surface area contributed by atoms with Gasteiger partial charge in [-0.3, -0.25) is 0 Å². The quantitative estimate of drug-likeness (QED) is 0.647. The second-order valence-corrected chi connectivity index (χ2v) is 4.36. The molecule has 1 amide bonds. The van der Waals surface area contributed by atoms with Crippen molar-refractivity contribution >= 4 is 40.8 Å². The summed E-state index contributed by atoms with van der Waals surface area (Å²) in [6.07, 6.45) is -0.466. The van der Waals surface area contributed by atoms with Gasteiger partial charge in [-0.2, -0.15) is 0 Å². The van der Waals surface area contributed by atoms with Crippen LogP contribution >= 0.6 is 23.8 Å². The van der Waals surface area contributed by atoms with E-state index in [0.717, 1.165) is 0 Å².